The molecule has 1 saturated carbocycles. The Kier molecular flexibility index (Phi) is 3.87. The molecule has 1 aliphatic rings. The van der Waals surface area contributed by atoms with E-state index in [1.165, 1.54) is 38.5 Å². The van der Waals surface area contributed by atoms with Crippen LogP contribution in [0.25, 0.3) is 0 Å². The minimum atomic E-state index is 0.0508. The molecule has 0 atom stereocenters. The Hall–Kier alpha value is -1.25. The van der Waals surface area contributed by atoms with Gasteiger partial charge in [0.2, 0.25) is 0 Å². The summed E-state index contributed by atoms with van der Waals surface area (Å²) in [4.78, 5) is 20.3. The lowest BCUT2D eigenvalue weighted by atomic mass is 9.99. The summed E-state index contributed by atoms with van der Waals surface area (Å²) in [6.07, 6.45) is 9.31. The Morgan fingerprint density at radius 2 is 1.88 bits per heavy atom. The summed E-state index contributed by atoms with van der Waals surface area (Å²) in [7, 11) is 0. The first kappa shape index (κ1) is 12.2. The van der Waals surface area contributed by atoms with Gasteiger partial charge in [-0.15, -0.1) is 0 Å². The molecule has 0 aliphatic heterocycles. The minimum absolute atomic E-state index is 0.0508. The molecular weight excluding hydrogens is 212 g/mol. The zero-order chi connectivity index (χ0) is 12.3. The van der Waals surface area contributed by atoms with Gasteiger partial charge in [0.1, 0.15) is 5.82 Å². The lowest BCUT2D eigenvalue weighted by Crippen LogP contribution is -2.08. The number of hydrogen-bond donors (Lipinski definition) is 0. The van der Waals surface area contributed by atoms with E-state index in [9.17, 15) is 4.79 Å². The standard InChI is InChI=1S/C14H20N2O/c1-10-13(11(2)17)9-15-14(16-10)12-7-5-3-4-6-8-12/h9,12H,3-8H2,1-2H3. The van der Waals surface area contributed by atoms with Crippen molar-refractivity contribution in [1.82, 2.24) is 9.97 Å². The monoisotopic (exact) mass is 232 g/mol. The van der Waals surface area contributed by atoms with E-state index in [0.717, 1.165) is 11.5 Å². The van der Waals surface area contributed by atoms with Gasteiger partial charge in [0.15, 0.2) is 5.78 Å². The number of Topliss-reactive ketones (excluding diaryl/α,β-unsaturated/α-hetero) is 1. The molecule has 0 saturated heterocycles. The third kappa shape index (κ3) is 2.90. The fraction of sp³-hybridized carbons (Fsp3) is 0.643. The number of nitrogens with zero attached hydrogens (tertiary/aromatic N) is 2. The predicted octanol–water partition coefficient (Wildman–Crippen LogP) is 3.43. The highest BCUT2D eigenvalue weighted by Gasteiger charge is 2.18. The van der Waals surface area contributed by atoms with Crippen LogP contribution in [0.4, 0.5) is 0 Å². The molecule has 0 unspecified atom stereocenters. The van der Waals surface area contributed by atoms with Gasteiger partial charge in [0.05, 0.1) is 11.3 Å². The third-order valence-electron chi connectivity index (χ3n) is 3.60. The summed E-state index contributed by atoms with van der Waals surface area (Å²) in [6, 6.07) is 0. The van der Waals surface area contributed by atoms with E-state index in [1.54, 1.807) is 13.1 Å². The molecule has 0 aromatic carbocycles. The molecule has 0 N–H and O–H groups in total. The number of ketones is 1. The van der Waals surface area contributed by atoms with Crippen molar-refractivity contribution in [2.24, 2.45) is 0 Å². The first-order chi connectivity index (χ1) is 8.18. The van der Waals surface area contributed by atoms with Crippen LogP contribution >= 0.6 is 0 Å². The molecule has 1 fully saturated rings. The Morgan fingerprint density at radius 1 is 1.24 bits per heavy atom. The summed E-state index contributed by atoms with van der Waals surface area (Å²) < 4.78 is 0. The molecule has 1 heterocycles. The molecule has 0 amide bonds. The van der Waals surface area contributed by atoms with Crippen molar-refractivity contribution >= 4 is 5.78 Å². The largest absolute Gasteiger partial charge is 0.294 e. The van der Waals surface area contributed by atoms with Crippen molar-refractivity contribution in [3.05, 3.63) is 23.3 Å². The molecule has 1 aromatic rings. The SMILES string of the molecule is CC(=O)c1cnc(C2CCCCCC2)nc1C. The van der Waals surface area contributed by atoms with Crippen LogP contribution in [0.3, 0.4) is 0 Å². The second-order valence-corrected chi connectivity index (χ2v) is 4.97. The number of aryl methyl sites for hydroxylation is 1. The van der Waals surface area contributed by atoms with Crippen LogP contribution in [0, 0.1) is 6.92 Å². The minimum Gasteiger partial charge on any atom is -0.294 e. The van der Waals surface area contributed by atoms with Crippen LogP contribution in [-0.4, -0.2) is 15.8 Å². The molecule has 3 heteroatoms. The highest BCUT2D eigenvalue weighted by atomic mass is 16.1. The topological polar surface area (TPSA) is 42.9 Å². The average Bonchev–Trinajstić information content (AvgIpc) is 2.56. The van der Waals surface area contributed by atoms with Gasteiger partial charge in [-0.05, 0) is 26.7 Å². The highest BCUT2D eigenvalue weighted by molar-refractivity contribution is 5.94. The second kappa shape index (κ2) is 5.39. The molecular formula is C14H20N2O. The number of rotatable bonds is 2. The molecule has 1 aromatic heterocycles. The average molecular weight is 232 g/mol. The maximum Gasteiger partial charge on any atom is 0.163 e. The van der Waals surface area contributed by atoms with Crippen molar-refractivity contribution in [2.75, 3.05) is 0 Å². The van der Waals surface area contributed by atoms with Gasteiger partial charge < -0.3 is 0 Å². The van der Waals surface area contributed by atoms with Crippen molar-refractivity contribution in [3.8, 4) is 0 Å². The summed E-state index contributed by atoms with van der Waals surface area (Å²) in [5.74, 6) is 1.49. The summed E-state index contributed by atoms with van der Waals surface area (Å²) in [5.41, 5.74) is 1.48. The van der Waals surface area contributed by atoms with Crippen molar-refractivity contribution < 1.29 is 4.79 Å². The zero-order valence-corrected chi connectivity index (χ0v) is 10.7. The first-order valence-electron chi connectivity index (χ1n) is 6.53. The molecule has 0 radical (unpaired) electrons. The zero-order valence-electron chi connectivity index (χ0n) is 10.7. The number of aromatic nitrogens is 2. The molecule has 17 heavy (non-hydrogen) atoms. The Morgan fingerprint density at radius 3 is 2.41 bits per heavy atom. The van der Waals surface area contributed by atoms with E-state index in [2.05, 4.69) is 9.97 Å². The molecule has 3 nitrogen and oxygen atoms in total. The number of carbonyl (C=O) groups is 1. The Bertz CT molecular complexity index is 407. The quantitative estimate of drug-likeness (QED) is 0.579. The van der Waals surface area contributed by atoms with Gasteiger partial charge in [-0.2, -0.15) is 0 Å². The van der Waals surface area contributed by atoms with E-state index < -0.39 is 0 Å². The lowest BCUT2D eigenvalue weighted by Gasteiger charge is -2.13. The van der Waals surface area contributed by atoms with Crippen molar-refractivity contribution in [1.29, 1.82) is 0 Å². The van der Waals surface area contributed by atoms with Crippen molar-refractivity contribution in [3.63, 3.8) is 0 Å². The second-order valence-electron chi connectivity index (χ2n) is 4.97. The Balaban J connectivity index is 2.21. The van der Waals surface area contributed by atoms with E-state index in [0.29, 0.717) is 11.5 Å². The lowest BCUT2D eigenvalue weighted by molar-refractivity contribution is 0.101. The maximum atomic E-state index is 11.3. The number of carbonyl (C=O) groups excluding carboxylic acids is 1. The first-order valence-corrected chi connectivity index (χ1v) is 6.53. The summed E-state index contributed by atoms with van der Waals surface area (Å²) in [5, 5.41) is 0. The van der Waals surface area contributed by atoms with Gasteiger partial charge in [0, 0.05) is 12.1 Å². The molecule has 0 bridgehead atoms. The van der Waals surface area contributed by atoms with E-state index in [-0.39, 0.29) is 5.78 Å². The van der Waals surface area contributed by atoms with E-state index in [4.69, 9.17) is 0 Å². The molecule has 92 valence electrons. The molecule has 2 rings (SSSR count). The van der Waals surface area contributed by atoms with Crippen LogP contribution in [0.5, 0.6) is 0 Å². The van der Waals surface area contributed by atoms with Crippen LogP contribution in [-0.2, 0) is 0 Å². The van der Waals surface area contributed by atoms with Gasteiger partial charge in [-0.25, -0.2) is 9.97 Å². The normalized spacial score (nSPS) is 17.8. The van der Waals surface area contributed by atoms with Crippen molar-refractivity contribution in [2.45, 2.75) is 58.3 Å². The fourth-order valence-electron chi connectivity index (χ4n) is 2.56. The van der Waals surface area contributed by atoms with Crippen LogP contribution < -0.4 is 0 Å². The van der Waals surface area contributed by atoms with E-state index >= 15 is 0 Å². The van der Waals surface area contributed by atoms with Crippen LogP contribution in [0.15, 0.2) is 6.20 Å². The molecule has 1 aliphatic carbocycles. The predicted molar refractivity (Wildman–Crippen MR) is 67.2 cm³/mol. The fourth-order valence-corrected chi connectivity index (χ4v) is 2.56. The maximum absolute atomic E-state index is 11.3. The molecule has 0 spiro atoms. The highest BCUT2D eigenvalue weighted by Crippen LogP contribution is 2.29. The van der Waals surface area contributed by atoms with Gasteiger partial charge >= 0.3 is 0 Å². The van der Waals surface area contributed by atoms with Crippen LogP contribution in [0.2, 0.25) is 0 Å². The third-order valence-corrected chi connectivity index (χ3v) is 3.60. The smallest absolute Gasteiger partial charge is 0.163 e. The van der Waals surface area contributed by atoms with Gasteiger partial charge in [0.25, 0.3) is 0 Å². The Labute approximate surface area is 103 Å². The number of hydrogen-bond acceptors (Lipinski definition) is 3. The summed E-state index contributed by atoms with van der Waals surface area (Å²) in [6.45, 7) is 3.47. The summed E-state index contributed by atoms with van der Waals surface area (Å²) >= 11 is 0. The van der Waals surface area contributed by atoms with Gasteiger partial charge in [-0.3, -0.25) is 4.79 Å². The van der Waals surface area contributed by atoms with Gasteiger partial charge in [-0.1, -0.05) is 25.7 Å². The van der Waals surface area contributed by atoms with E-state index in [1.807, 2.05) is 6.92 Å². The van der Waals surface area contributed by atoms with Crippen LogP contribution in [0.1, 0.15) is 73.2 Å².